The van der Waals surface area contributed by atoms with E-state index in [1.54, 1.807) is 0 Å². The monoisotopic (exact) mass is 301 g/mol. The van der Waals surface area contributed by atoms with Crippen LogP contribution in [-0.2, 0) is 6.54 Å². The van der Waals surface area contributed by atoms with Gasteiger partial charge in [-0.3, -0.25) is 4.79 Å². The first-order valence-corrected chi connectivity index (χ1v) is 5.75. The van der Waals surface area contributed by atoms with E-state index in [0.29, 0.717) is 5.56 Å². The van der Waals surface area contributed by atoms with E-state index in [2.05, 4.69) is 5.32 Å². The molecule has 0 saturated heterocycles. The van der Waals surface area contributed by atoms with E-state index in [1.165, 1.54) is 12.1 Å². The lowest BCUT2D eigenvalue weighted by Crippen LogP contribution is -2.24. The van der Waals surface area contributed by atoms with Gasteiger partial charge in [0.05, 0.1) is 5.56 Å². The third-order valence-corrected chi connectivity index (χ3v) is 2.71. The summed E-state index contributed by atoms with van der Waals surface area (Å²) in [5.41, 5.74) is -0.457. The Morgan fingerprint density at radius 2 is 1.52 bits per heavy atom. The number of nitrogens with one attached hydrogen (secondary N) is 1. The second kappa shape index (κ2) is 5.90. The quantitative estimate of drug-likeness (QED) is 0.526. The summed E-state index contributed by atoms with van der Waals surface area (Å²) in [5, 5.41) is 2.19. The Bertz CT molecular complexity index is 685. The minimum absolute atomic E-state index is 0.112. The van der Waals surface area contributed by atoms with E-state index in [1.807, 2.05) is 0 Å². The van der Waals surface area contributed by atoms with Crippen molar-refractivity contribution < 1.29 is 26.7 Å². The number of hydrogen-bond donors (Lipinski definition) is 1. The molecule has 1 N–H and O–H groups in total. The molecule has 0 aromatic heterocycles. The number of amides is 1. The predicted molar refractivity (Wildman–Crippen MR) is 63.8 cm³/mol. The van der Waals surface area contributed by atoms with Gasteiger partial charge < -0.3 is 5.32 Å². The van der Waals surface area contributed by atoms with Gasteiger partial charge >= 0.3 is 0 Å². The van der Waals surface area contributed by atoms with Crippen LogP contribution in [0.4, 0.5) is 22.0 Å². The molecule has 0 aliphatic heterocycles. The van der Waals surface area contributed by atoms with Gasteiger partial charge in [-0.1, -0.05) is 12.1 Å². The van der Waals surface area contributed by atoms with Crippen LogP contribution in [0.3, 0.4) is 0 Å². The van der Waals surface area contributed by atoms with Gasteiger partial charge in [0.2, 0.25) is 0 Å². The average Bonchev–Trinajstić information content (AvgIpc) is 2.48. The van der Waals surface area contributed by atoms with Crippen molar-refractivity contribution in [1.29, 1.82) is 0 Å². The van der Waals surface area contributed by atoms with Crippen LogP contribution in [0.25, 0.3) is 0 Å². The van der Waals surface area contributed by atoms with Gasteiger partial charge in [0, 0.05) is 6.54 Å². The van der Waals surface area contributed by atoms with Crippen LogP contribution in [0, 0.1) is 29.1 Å². The smallest absolute Gasteiger partial charge is 0.254 e. The van der Waals surface area contributed by atoms with Crippen LogP contribution >= 0.6 is 0 Å². The topological polar surface area (TPSA) is 29.1 Å². The van der Waals surface area contributed by atoms with Gasteiger partial charge in [0.15, 0.2) is 23.3 Å². The second-order valence-electron chi connectivity index (χ2n) is 4.16. The molecule has 2 rings (SSSR count). The fraction of sp³-hybridized carbons (Fsp3) is 0.0714. The third-order valence-electron chi connectivity index (χ3n) is 2.71. The van der Waals surface area contributed by atoms with E-state index in [4.69, 9.17) is 0 Å². The van der Waals surface area contributed by atoms with Crippen molar-refractivity contribution in [3.63, 3.8) is 0 Å². The zero-order valence-electron chi connectivity index (χ0n) is 10.4. The Morgan fingerprint density at radius 3 is 2.14 bits per heavy atom. The number of halogens is 5. The summed E-state index contributed by atoms with van der Waals surface area (Å²) in [6.07, 6.45) is 0. The summed E-state index contributed by atoms with van der Waals surface area (Å²) in [7, 11) is 0. The Kier molecular flexibility index (Phi) is 4.21. The van der Waals surface area contributed by atoms with E-state index < -0.39 is 40.6 Å². The molecule has 21 heavy (non-hydrogen) atoms. The molecule has 2 nitrogen and oxygen atoms in total. The third kappa shape index (κ3) is 3.18. The van der Waals surface area contributed by atoms with Gasteiger partial charge in [-0.25, -0.2) is 22.0 Å². The zero-order chi connectivity index (χ0) is 15.6. The first kappa shape index (κ1) is 15.0. The van der Waals surface area contributed by atoms with Crippen LogP contribution in [-0.4, -0.2) is 5.91 Å². The standard InChI is InChI=1S/C14H8F5NO/c15-8-3-1-7(2-4-8)6-20-14(21)9-5-10(16)12(18)13(19)11(9)17/h1-5H,6H2,(H,20,21). The lowest BCUT2D eigenvalue weighted by atomic mass is 10.1. The van der Waals surface area contributed by atoms with Crippen molar-refractivity contribution in [2.45, 2.75) is 6.54 Å². The summed E-state index contributed by atoms with van der Waals surface area (Å²) in [5.74, 6) is -9.07. The minimum atomic E-state index is -2.05. The Labute approximate surface area is 116 Å². The number of carbonyl (C=O) groups excluding carboxylic acids is 1. The summed E-state index contributed by atoms with van der Waals surface area (Å²) >= 11 is 0. The van der Waals surface area contributed by atoms with Gasteiger partial charge in [-0.15, -0.1) is 0 Å². The predicted octanol–water partition coefficient (Wildman–Crippen LogP) is 3.31. The molecule has 0 aliphatic rings. The molecule has 0 atom stereocenters. The summed E-state index contributed by atoms with van der Waals surface area (Å²) < 4.78 is 64.8. The Balaban J connectivity index is 2.16. The highest BCUT2D eigenvalue weighted by Gasteiger charge is 2.22. The first-order valence-electron chi connectivity index (χ1n) is 5.75. The van der Waals surface area contributed by atoms with Crippen molar-refractivity contribution in [2.24, 2.45) is 0 Å². The molecule has 0 heterocycles. The van der Waals surface area contributed by atoms with Crippen molar-refractivity contribution >= 4 is 5.91 Å². The molecule has 0 radical (unpaired) electrons. The van der Waals surface area contributed by atoms with Crippen LogP contribution in [0.15, 0.2) is 30.3 Å². The second-order valence-corrected chi connectivity index (χ2v) is 4.16. The summed E-state index contributed by atoms with van der Waals surface area (Å²) in [6.45, 7) is -0.112. The molecular weight excluding hydrogens is 293 g/mol. The molecule has 0 saturated carbocycles. The Hall–Kier alpha value is -2.44. The Morgan fingerprint density at radius 1 is 0.905 bits per heavy atom. The van der Waals surface area contributed by atoms with Crippen molar-refractivity contribution in [2.75, 3.05) is 0 Å². The van der Waals surface area contributed by atoms with Crippen LogP contribution < -0.4 is 5.32 Å². The highest BCUT2D eigenvalue weighted by Crippen LogP contribution is 2.18. The summed E-state index contributed by atoms with van der Waals surface area (Å²) in [4.78, 5) is 11.6. The molecule has 0 spiro atoms. The molecule has 1 amide bonds. The molecule has 2 aromatic carbocycles. The maximum atomic E-state index is 13.4. The van der Waals surface area contributed by atoms with E-state index in [0.717, 1.165) is 12.1 Å². The van der Waals surface area contributed by atoms with E-state index >= 15 is 0 Å². The van der Waals surface area contributed by atoms with E-state index in [9.17, 15) is 26.7 Å². The lowest BCUT2D eigenvalue weighted by Gasteiger charge is -2.07. The summed E-state index contributed by atoms with van der Waals surface area (Å²) in [6, 6.07) is 5.32. The highest BCUT2D eigenvalue weighted by atomic mass is 19.2. The van der Waals surface area contributed by atoms with Crippen LogP contribution in [0.1, 0.15) is 15.9 Å². The lowest BCUT2D eigenvalue weighted by molar-refractivity contribution is 0.0944. The molecule has 110 valence electrons. The van der Waals surface area contributed by atoms with Crippen LogP contribution in [0.5, 0.6) is 0 Å². The average molecular weight is 301 g/mol. The van der Waals surface area contributed by atoms with E-state index in [-0.39, 0.29) is 12.6 Å². The van der Waals surface area contributed by atoms with Crippen molar-refractivity contribution in [3.05, 3.63) is 70.5 Å². The zero-order valence-corrected chi connectivity index (χ0v) is 10.4. The molecular formula is C14H8F5NO. The number of hydrogen-bond acceptors (Lipinski definition) is 1. The molecule has 0 unspecified atom stereocenters. The maximum Gasteiger partial charge on any atom is 0.254 e. The molecule has 0 fully saturated rings. The maximum absolute atomic E-state index is 13.4. The van der Waals surface area contributed by atoms with Gasteiger partial charge in [0.25, 0.3) is 5.91 Å². The van der Waals surface area contributed by atoms with Gasteiger partial charge in [-0.2, -0.15) is 0 Å². The fourth-order valence-electron chi connectivity index (χ4n) is 1.62. The van der Waals surface area contributed by atoms with Crippen LogP contribution in [0.2, 0.25) is 0 Å². The van der Waals surface area contributed by atoms with Gasteiger partial charge in [0.1, 0.15) is 5.82 Å². The van der Waals surface area contributed by atoms with Gasteiger partial charge in [-0.05, 0) is 23.8 Å². The van der Waals surface area contributed by atoms with Crippen molar-refractivity contribution in [3.8, 4) is 0 Å². The minimum Gasteiger partial charge on any atom is -0.348 e. The largest absolute Gasteiger partial charge is 0.348 e. The first-order chi connectivity index (χ1) is 9.90. The number of carbonyl (C=O) groups is 1. The number of rotatable bonds is 3. The SMILES string of the molecule is O=C(NCc1ccc(F)cc1)c1cc(F)c(F)c(F)c1F. The highest BCUT2D eigenvalue weighted by molar-refractivity contribution is 5.94. The van der Waals surface area contributed by atoms with Crippen molar-refractivity contribution in [1.82, 2.24) is 5.32 Å². The molecule has 7 heteroatoms. The number of benzene rings is 2. The molecule has 0 bridgehead atoms. The molecule has 2 aromatic rings. The molecule has 0 aliphatic carbocycles. The fourth-order valence-corrected chi connectivity index (χ4v) is 1.62. The normalized spacial score (nSPS) is 10.5.